The normalized spacial score (nSPS) is 17.6. The molecule has 1 saturated carbocycles. The van der Waals surface area contributed by atoms with Crippen LogP contribution < -0.4 is 4.74 Å². The van der Waals surface area contributed by atoms with Gasteiger partial charge in [0.15, 0.2) is 0 Å². The molecular weight excluding hydrogens is 240 g/mol. The first-order valence-corrected chi connectivity index (χ1v) is 7.07. The number of hydrogen-bond acceptors (Lipinski definition) is 2. The van der Waals surface area contributed by atoms with E-state index in [1.807, 2.05) is 38.1 Å². The summed E-state index contributed by atoms with van der Waals surface area (Å²) in [6.45, 7) is 3.96. The molecular formula is C16H22O3. The Hall–Kier alpha value is -1.51. The maximum absolute atomic E-state index is 11.5. The Morgan fingerprint density at radius 1 is 1.21 bits per heavy atom. The second-order valence-electron chi connectivity index (χ2n) is 5.60. The molecule has 0 heterocycles. The minimum absolute atomic E-state index is 0.135. The van der Waals surface area contributed by atoms with Crippen molar-refractivity contribution in [2.75, 3.05) is 0 Å². The van der Waals surface area contributed by atoms with Crippen LogP contribution in [0.3, 0.4) is 0 Å². The lowest BCUT2D eigenvalue weighted by Gasteiger charge is -2.20. The molecule has 0 bridgehead atoms. The van der Waals surface area contributed by atoms with Gasteiger partial charge in [0.05, 0.1) is 12.0 Å². The van der Waals surface area contributed by atoms with Gasteiger partial charge in [-0.3, -0.25) is 4.79 Å². The highest BCUT2D eigenvalue weighted by atomic mass is 16.5. The Morgan fingerprint density at radius 3 is 2.26 bits per heavy atom. The Balaban J connectivity index is 2.15. The summed E-state index contributed by atoms with van der Waals surface area (Å²) >= 11 is 0. The average Bonchev–Trinajstić information content (AvgIpc) is 2.84. The highest BCUT2D eigenvalue weighted by Gasteiger charge is 2.31. The van der Waals surface area contributed by atoms with Crippen molar-refractivity contribution in [3.63, 3.8) is 0 Å². The van der Waals surface area contributed by atoms with Gasteiger partial charge in [-0.15, -0.1) is 0 Å². The topological polar surface area (TPSA) is 46.5 Å². The van der Waals surface area contributed by atoms with E-state index >= 15 is 0 Å². The van der Waals surface area contributed by atoms with Crippen molar-refractivity contribution in [3.05, 3.63) is 29.8 Å². The van der Waals surface area contributed by atoms with Crippen molar-refractivity contribution >= 4 is 5.97 Å². The van der Waals surface area contributed by atoms with Crippen LogP contribution in [0.15, 0.2) is 24.3 Å². The summed E-state index contributed by atoms with van der Waals surface area (Å²) in [5.41, 5.74) is 0.899. The largest absolute Gasteiger partial charge is 0.491 e. The molecule has 104 valence electrons. The molecule has 0 spiro atoms. The molecule has 0 saturated heterocycles. The number of ether oxygens (including phenoxy) is 1. The molecule has 0 aliphatic heterocycles. The lowest BCUT2D eigenvalue weighted by Crippen LogP contribution is -2.19. The van der Waals surface area contributed by atoms with E-state index in [1.165, 1.54) is 0 Å². The standard InChI is InChI=1S/C16H22O3/c1-11(2)19-14-9-7-13(8-10-14)15(16(17)18)12-5-3-4-6-12/h7-12,15H,3-6H2,1-2H3,(H,17,18). The van der Waals surface area contributed by atoms with Gasteiger partial charge in [0, 0.05) is 0 Å². The number of carboxylic acids is 1. The molecule has 3 heteroatoms. The van der Waals surface area contributed by atoms with Crippen LogP contribution in [0.2, 0.25) is 0 Å². The molecule has 1 aliphatic carbocycles. The minimum atomic E-state index is -0.704. The fourth-order valence-electron chi connectivity index (χ4n) is 2.93. The average molecular weight is 262 g/mol. The summed E-state index contributed by atoms with van der Waals surface area (Å²) in [6, 6.07) is 7.55. The van der Waals surface area contributed by atoms with E-state index in [1.54, 1.807) is 0 Å². The SMILES string of the molecule is CC(C)Oc1ccc(C(C(=O)O)C2CCCC2)cc1. The lowest BCUT2D eigenvalue weighted by molar-refractivity contribution is -0.140. The maximum Gasteiger partial charge on any atom is 0.311 e. The van der Waals surface area contributed by atoms with Gasteiger partial charge in [0.25, 0.3) is 0 Å². The van der Waals surface area contributed by atoms with Gasteiger partial charge in [-0.1, -0.05) is 25.0 Å². The summed E-state index contributed by atoms with van der Waals surface area (Å²) in [5, 5.41) is 9.47. The van der Waals surface area contributed by atoms with E-state index in [0.717, 1.165) is 37.0 Å². The van der Waals surface area contributed by atoms with Gasteiger partial charge >= 0.3 is 5.97 Å². The third-order valence-corrected chi connectivity index (χ3v) is 3.75. The molecule has 2 rings (SSSR count). The van der Waals surface area contributed by atoms with Gasteiger partial charge < -0.3 is 9.84 Å². The zero-order valence-electron chi connectivity index (χ0n) is 11.6. The van der Waals surface area contributed by atoms with E-state index in [0.29, 0.717) is 0 Å². The first-order valence-electron chi connectivity index (χ1n) is 7.07. The molecule has 1 atom stereocenters. The van der Waals surface area contributed by atoms with E-state index in [2.05, 4.69) is 0 Å². The number of hydrogen-bond donors (Lipinski definition) is 1. The van der Waals surface area contributed by atoms with Crippen molar-refractivity contribution < 1.29 is 14.6 Å². The van der Waals surface area contributed by atoms with Gasteiger partial charge in [-0.25, -0.2) is 0 Å². The molecule has 1 fully saturated rings. The quantitative estimate of drug-likeness (QED) is 0.877. The van der Waals surface area contributed by atoms with Crippen LogP contribution in [-0.2, 0) is 4.79 Å². The van der Waals surface area contributed by atoms with Crippen LogP contribution in [0.25, 0.3) is 0 Å². The van der Waals surface area contributed by atoms with Crippen molar-refractivity contribution in [1.29, 1.82) is 0 Å². The van der Waals surface area contributed by atoms with Gasteiger partial charge in [-0.05, 0) is 50.3 Å². The van der Waals surface area contributed by atoms with Crippen molar-refractivity contribution in [1.82, 2.24) is 0 Å². The third kappa shape index (κ3) is 3.49. The monoisotopic (exact) mass is 262 g/mol. The van der Waals surface area contributed by atoms with Crippen LogP contribution in [0, 0.1) is 5.92 Å². The number of benzene rings is 1. The molecule has 3 nitrogen and oxygen atoms in total. The zero-order chi connectivity index (χ0) is 13.8. The Morgan fingerprint density at radius 2 is 1.79 bits per heavy atom. The fourth-order valence-corrected chi connectivity index (χ4v) is 2.93. The molecule has 1 aliphatic rings. The Bertz CT molecular complexity index is 416. The van der Waals surface area contributed by atoms with Crippen molar-refractivity contribution in [3.8, 4) is 5.75 Å². The second-order valence-corrected chi connectivity index (χ2v) is 5.60. The number of carboxylic acid groups (broad SMARTS) is 1. The summed E-state index contributed by atoms with van der Waals surface area (Å²) < 4.78 is 5.59. The zero-order valence-corrected chi connectivity index (χ0v) is 11.6. The van der Waals surface area contributed by atoms with Gasteiger partial charge in [0.2, 0.25) is 0 Å². The number of aliphatic carboxylic acids is 1. The Labute approximate surface area is 114 Å². The Kier molecular flexibility index (Phi) is 4.46. The molecule has 0 radical (unpaired) electrons. The maximum atomic E-state index is 11.5. The molecule has 1 aromatic carbocycles. The second kappa shape index (κ2) is 6.09. The third-order valence-electron chi connectivity index (χ3n) is 3.75. The van der Waals surface area contributed by atoms with E-state index < -0.39 is 5.97 Å². The molecule has 1 N–H and O–H groups in total. The molecule has 1 aromatic rings. The van der Waals surface area contributed by atoms with Crippen LogP contribution in [0.5, 0.6) is 5.75 Å². The predicted molar refractivity (Wildman–Crippen MR) is 74.5 cm³/mol. The summed E-state index contributed by atoms with van der Waals surface area (Å²) in [4.78, 5) is 11.5. The van der Waals surface area contributed by atoms with Gasteiger partial charge in [0.1, 0.15) is 5.75 Å². The smallest absolute Gasteiger partial charge is 0.311 e. The van der Waals surface area contributed by atoms with Gasteiger partial charge in [-0.2, -0.15) is 0 Å². The first kappa shape index (κ1) is 13.9. The van der Waals surface area contributed by atoms with Crippen molar-refractivity contribution in [2.45, 2.75) is 51.6 Å². The highest BCUT2D eigenvalue weighted by Crippen LogP contribution is 2.37. The highest BCUT2D eigenvalue weighted by molar-refractivity contribution is 5.76. The number of rotatable bonds is 5. The molecule has 1 unspecified atom stereocenters. The molecule has 0 amide bonds. The molecule has 0 aromatic heterocycles. The number of carbonyl (C=O) groups is 1. The fraction of sp³-hybridized carbons (Fsp3) is 0.562. The van der Waals surface area contributed by atoms with Crippen molar-refractivity contribution in [2.24, 2.45) is 5.92 Å². The van der Waals surface area contributed by atoms with E-state index in [9.17, 15) is 9.90 Å². The predicted octanol–water partition coefficient (Wildman–Crippen LogP) is 3.83. The first-order chi connectivity index (χ1) is 9.08. The minimum Gasteiger partial charge on any atom is -0.491 e. The molecule has 19 heavy (non-hydrogen) atoms. The van der Waals surface area contributed by atoms with Crippen LogP contribution in [0.1, 0.15) is 51.0 Å². The lowest BCUT2D eigenvalue weighted by atomic mass is 9.85. The van der Waals surface area contributed by atoms with E-state index in [-0.39, 0.29) is 17.9 Å². The van der Waals surface area contributed by atoms with Crippen LogP contribution in [0.4, 0.5) is 0 Å². The summed E-state index contributed by atoms with van der Waals surface area (Å²) in [5.74, 6) is 0.0173. The summed E-state index contributed by atoms with van der Waals surface area (Å²) in [7, 11) is 0. The summed E-state index contributed by atoms with van der Waals surface area (Å²) in [6.07, 6.45) is 4.50. The van der Waals surface area contributed by atoms with Crippen LogP contribution in [-0.4, -0.2) is 17.2 Å². The van der Waals surface area contributed by atoms with Crippen LogP contribution >= 0.6 is 0 Å². The van der Waals surface area contributed by atoms with E-state index in [4.69, 9.17) is 4.74 Å².